The SMILES string of the molecule is CN(c1ccc(Cl)cc1)c1cc[n+](C2(CCC3([n+]4ccc(N(C)c5ccc(Cl)cc5)c5ccccc54)C4=CC=C3C=C4)C3=CC=C2C=C3)c2ccccc12. The number of rotatable bonds is 9. The van der Waals surface area contributed by atoms with Gasteiger partial charge >= 0.3 is 0 Å². The van der Waals surface area contributed by atoms with E-state index in [1.54, 1.807) is 0 Å². The number of hydrogen-bond donors (Lipinski definition) is 0. The number of nitrogens with zero attached hydrogens (tertiary/aromatic N) is 4. The minimum atomic E-state index is -0.349. The van der Waals surface area contributed by atoms with Crippen molar-refractivity contribution in [3.8, 4) is 0 Å². The zero-order chi connectivity index (χ0) is 36.6. The Labute approximate surface area is 325 Å². The number of fused-ring (bicyclic) bond motifs is 6. The number of halogens is 2. The number of pyridine rings is 2. The van der Waals surface area contributed by atoms with Crippen molar-refractivity contribution < 1.29 is 9.13 Å². The molecule has 10 rings (SSSR count). The van der Waals surface area contributed by atoms with Crippen LogP contribution >= 0.6 is 23.2 Å². The minimum absolute atomic E-state index is 0.349. The predicted octanol–water partition coefficient (Wildman–Crippen LogP) is 11.2. The van der Waals surface area contributed by atoms with Gasteiger partial charge in [0.25, 0.3) is 0 Å². The Hall–Kier alpha value is -5.68. The second-order valence-electron chi connectivity index (χ2n) is 14.6. The maximum atomic E-state index is 6.27. The number of anilines is 4. The average Bonchev–Trinajstić information content (AvgIpc) is 3.96. The van der Waals surface area contributed by atoms with Crippen molar-refractivity contribution in [2.45, 2.75) is 23.9 Å². The first kappa shape index (κ1) is 32.9. The van der Waals surface area contributed by atoms with E-state index >= 15 is 0 Å². The van der Waals surface area contributed by atoms with E-state index in [0.717, 1.165) is 45.6 Å². The van der Waals surface area contributed by atoms with Gasteiger partial charge in [-0.3, -0.25) is 0 Å². The van der Waals surface area contributed by atoms with Gasteiger partial charge in [-0.2, -0.15) is 9.13 Å². The molecule has 4 aromatic carbocycles. The van der Waals surface area contributed by atoms with Gasteiger partial charge in [-0.1, -0.05) is 96.1 Å². The normalized spacial score (nSPS) is 16.9. The molecule has 0 saturated carbocycles. The largest absolute Gasteiger partial charge is 0.344 e. The van der Waals surface area contributed by atoms with E-state index in [2.05, 4.69) is 179 Å². The van der Waals surface area contributed by atoms with Crippen molar-refractivity contribution in [1.29, 1.82) is 0 Å². The van der Waals surface area contributed by atoms with Crippen LogP contribution in [0.2, 0.25) is 10.0 Å². The van der Waals surface area contributed by atoms with Crippen LogP contribution in [-0.2, 0) is 11.1 Å². The summed E-state index contributed by atoms with van der Waals surface area (Å²) in [5.74, 6) is 0. The lowest BCUT2D eigenvalue weighted by atomic mass is 9.77. The van der Waals surface area contributed by atoms with Gasteiger partial charge in [-0.25, -0.2) is 0 Å². The summed E-state index contributed by atoms with van der Waals surface area (Å²) in [6.45, 7) is 0. The number of hydrogen-bond acceptors (Lipinski definition) is 2. The quantitative estimate of drug-likeness (QED) is 0.137. The van der Waals surface area contributed by atoms with Crippen LogP contribution in [0.25, 0.3) is 21.8 Å². The van der Waals surface area contributed by atoms with Crippen molar-refractivity contribution >= 4 is 67.8 Å². The highest BCUT2D eigenvalue weighted by Crippen LogP contribution is 2.52. The van der Waals surface area contributed by atoms with E-state index in [1.807, 2.05) is 24.3 Å². The average molecular weight is 742 g/mol. The molecule has 4 aliphatic carbocycles. The highest BCUT2D eigenvalue weighted by molar-refractivity contribution is 6.31. The Kier molecular flexibility index (Phi) is 7.59. The molecule has 2 heterocycles. The van der Waals surface area contributed by atoms with Crippen LogP contribution in [0.1, 0.15) is 12.8 Å². The molecule has 0 N–H and O–H groups in total. The van der Waals surface area contributed by atoms with Crippen LogP contribution in [-0.4, -0.2) is 14.1 Å². The second kappa shape index (κ2) is 12.4. The maximum Gasteiger partial charge on any atom is 0.219 e. The van der Waals surface area contributed by atoms with Gasteiger partial charge in [-0.15, -0.1) is 0 Å². The number of aromatic nitrogens is 2. The number of para-hydroxylation sites is 2. The van der Waals surface area contributed by atoms with Crippen molar-refractivity contribution in [1.82, 2.24) is 0 Å². The number of allylic oxidation sites excluding steroid dienone is 12. The van der Waals surface area contributed by atoms with E-state index in [4.69, 9.17) is 23.2 Å². The van der Waals surface area contributed by atoms with Gasteiger partial charge < -0.3 is 9.80 Å². The monoisotopic (exact) mass is 740 g/mol. The van der Waals surface area contributed by atoms with Crippen LogP contribution < -0.4 is 18.9 Å². The van der Waals surface area contributed by atoms with E-state index in [0.29, 0.717) is 0 Å². The Morgan fingerprint density at radius 2 is 0.815 bits per heavy atom. The third-order valence-electron chi connectivity index (χ3n) is 12.1. The zero-order valence-corrected chi connectivity index (χ0v) is 31.6. The highest BCUT2D eigenvalue weighted by Gasteiger charge is 2.58. The summed E-state index contributed by atoms with van der Waals surface area (Å²) in [6, 6.07) is 38.3. The molecule has 4 nitrogen and oxygen atoms in total. The van der Waals surface area contributed by atoms with E-state index < -0.39 is 0 Å². The van der Waals surface area contributed by atoms with Gasteiger partial charge in [0.15, 0.2) is 12.4 Å². The fourth-order valence-corrected chi connectivity index (χ4v) is 9.65. The fourth-order valence-electron chi connectivity index (χ4n) is 9.40. The predicted molar refractivity (Wildman–Crippen MR) is 223 cm³/mol. The first-order valence-corrected chi connectivity index (χ1v) is 19.2. The smallest absolute Gasteiger partial charge is 0.219 e. The lowest BCUT2D eigenvalue weighted by molar-refractivity contribution is -0.734. The standard InChI is InChI=1S/C48H38Cl2N4/c1-51(39-23-19-37(49)20-24-39)43-27-31-53(45-9-5-3-7-41(43)45)47(33-11-12-34(47)14-13-33)29-30-48(35-15-16-36(48)18-17-35)54-32-28-44(42-8-4-6-10-46(42)54)52(2)40-25-21-38(50)22-26-40/h3-28,31-32H,29-30H2,1-2H3/q+2. The summed E-state index contributed by atoms with van der Waals surface area (Å²) in [7, 11) is 4.26. The van der Waals surface area contributed by atoms with Crippen molar-refractivity contribution in [3.05, 3.63) is 203 Å². The summed E-state index contributed by atoms with van der Waals surface area (Å²) in [4.78, 5) is 4.50. The molecule has 262 valence electrons. The molecule has 0 fully saturated rings. The molecule has 0 saturated heterocycles. The van der Waals surface area contributed by atoms with Gasteiger partial charge in [0.05, 0.1) is 22.1 Å². The number of benzene rings is 4. The molecule has 2 aromatic heterocycles. The maximum absolute atomic E-state index is 6.27. The summed E-state index contributed by atoms with van der Waals surface area (Å²) in [5.41, 5.74) is 11.5. The van der Waals surface area contributed by atoms with Gasteiger partial charge in [-0.05, 0) is 60.7 Å². The molecule has 4 bridgehead atoms. The minimum Gasteiger partial charge on any atom is -0.344 e. The lowest BCUT2D eigenvalue weighted by Crippen LogP contribution is -2.60. The molecule has 0 atom stereocenters. The van der Waals surface area contributed by atoms with E-state index in [9.17, 15) is 0 Å². The van der Waals surface area contributed by atoms with Crippen LogP contribution in [0.5, 0.6) is 0 Å². The van der Waals surface area contributed by atoms with E-state index in [1.165, 1.54) is 44.1 Å². The van der Waals surface area contributed by atoms with Crippen molar-refractivity contribution in [2.75, 3.05) is 23.9 Å². The van der Waals surface area contributed by atoms with Crippen LogP contribution in [0.15, 0.2) is 192 Å². The van der Waals surface area contributed by atoms with Gasteiger partial charge in [0, 0.05) is 94.9 Å². The lowest BCUT2D eigenvalue weighted by Gasteiger charge is -2.32. The van der Waals surface area contributed by atoms with Crippen molar-refractivity contribution in [3.63, 3.8) is 0 Å². The molecule has 0 spiro atoms. The topological polar surface area (TPSA) is 14.2 Å². The zero-order valence-electron chi connectivity index (χ0n) is 30.1. The Bertz CT molecular complexity index is 2480. The Morgan fingerprint density at radius 1 is 0.463 bits per heavy atom. The first-order valence-electron chi connectivity index (χ1n) is 18.5. The second-order valence-corrected chi connectivity index (χ2v) is 15.5. The third kappa shape index (κ3) is 4.76. The van der Waals surface area contributed by atoms with E-state index in [-0.39, 0.29) is 11.1 Å². The molecule has 54 heavy (non-hydrogen) atoms. The fraction of sp³-hybridized carbons (Fsp3) is 0.125. The molecule has 0 radical (unpaired) electrons. The highest BCUT2D eigenvalue weighted by atomic mass is 35.5. The molecule has 6 heteroatoms. The molecule has 4 aliphatic rings. The molecular formula is C48H38Cl2N4+2. The first-order chi connectivity index (χ1) is 26.4. The molecule has 0 aliphatic heterocycles. The molecular weight excluding hydrogens is 703 g/mol. The van der Waals surface area contributed by atoms with Gasteiger partial charge in [0.1, 0.15) is 0 Å². The van der Waals surface area contributed by atoms with Crippen LogP contribution in [0, 0.1) is 0 Å². The van der Waals surface area contributed by atoms with Crippen LogP contribution in [0.3, 0.4) is 0 Å². The van der Waals surface area contributed by atoms with Crippen molar-refractivity contribution in [2.24, 2.45) is 0 Å². The molecule has 0 amide bonds. The van der Waals surface area contributed by atoms with Crippen LogP contribution in [0.4, 0.5) is 22.7 Å². The molecule has 0 unspecified atom stereocenters. The summed E-state index contributed by atoms with van der Waals surface area (Å²) in [5, 5.41) is 3.87. The summed E-state index contributed by atoms with van der Waals surface area (Å²) < 4.78 is 5.08. The summed E-state index contributed by atoms with van der Waals surface area (Å²) in [6.07, 6.45) is 25.0. The Morgan fingerprint density at radius 3 is 1.17 bits per heavy atom. The summed E-state index contributed by atoms with van der Waals surface area (Å²) >= 11 is 12.5. The third-order valence-corrected chi connectivity index (χ3v) is 12.6. The van der Waals surface area contributed by atoms with Gasteiger partial charge in [0.2, 0.25) is 22.1 Å². The molecule has 6 aromatic rings. The Balaban J connectivity index is 1.09.